The van der Waals surface area contributed by atoms with Gasteiger partial charge in [0.1, 0.15) is 5.75 Å². The van der Waals surface area contributed by atoms with Crippen LogP contribution in [0.15, 0.2) is 67.0 Å². The molecule has 8 nitrogen and oxygen atoms in total. The number of hydrogen-bond acceptors (Lipinski definition) is 7. The maximum Gasteiger partial charge on any atom is 0.271 e. The number of nitrogens with one attached hydrogen (secondary N) is 1. The topological polar surface area (TPSA) is 103 Å². The van der Waals surface area contributed by atoms with Gasteiger partial charge < -0.3 is 10.1 Å². The minimum absolute atomic E-state index is 0.0572. The van der Waals surface area contributed by atoms with E-state index in [2.05, 4.69) is 20.3 Å². The molecule has 0 saturated carbocycles. The highest BCUT2D eigenvalue weighted by molar-refractivity contribution is 5.82. The van der Waals surface area contributed by atoms with Gasteiger partial charge in [0, 0.05) is 35.5 Å². The first-order valence-electron chi connectivity index (χ1n) is 8.42. The standard InChI is InChI=1S/C20H15N5O3/c1-28-19-7-6-15(25(26)27)11-18(19)24-20-21-9-8-17(23-20)14-10-13-4-2-3-5-16(13)22-12-14/h2-12H,1H3,(H,21,23,24). The molecular formula is C20H15N5O3. The van der Waals surface area contributed by atoms with Gasteiger partial charge in [0.05, 0.1) is 28.9 Å². The molecule has 28 heavy (non-hydrogen) atoms. The maximum atomic E-state index is 11.1. The summed E-state index contributed by atoms with van der Waals surface area (Å²) in [5.74, 6) is 0.747. The van der Waals surface area contributed by atoms with Gasteiger partial charge in [-0.15, -0.1) is 0 Å². The lowest BCUT2D eigenvalue weighted by Gasteiger charge is -2.10. The summed E-state index contributed by atoms with van der Waals surface area (Å²) in [5.41, 5.74) is 2.78. The van der Waals surface area contributed by atoms with Crippen molar-refractivity contribution in [3.8, 4) is 17.0 Å². The number of benzene rings is 2. The Morgan fingerprint density at radius 1 is 1.07 bits per heavy atom. The zero-order valence-electron chi connectivity index (χ0n) is 14.9. The molecule has 138 valence electrons. The first-order valence-corrected chi connectivity index (χ1v) is 8.42. The van der Waals surface area contributed by atoms with Crippen LogP contribution in [-0.4, -0.2) is 27.0 Å². The van der Waals surface area contributed by atoms with Crippen LogP contribution >= 0.6 is 0 Å². The average molecular weight is 373 g/mol. The average Bonchev–Trinajstić information content (AvgIpc) is 2.73. The van der Waals surface area contributed by atoms with Gasteiger partial charge in [0.2, 0.25) is 5.95 Å². The highest BCUT2D eigenvalue weighted by atomic mass is 16.6. The van der Waals surface area contributed by atoms with Crippen molar-refractivity contribution in [1.82, 2.24) is 15.0 Å². The number of para-hydroxylation sites is 1. The number of nitrogens with zero attached hydrogens (tertiary/aromatic N) is 4. The van der Waals surface area contributed by atoms with E-state index in [-0.39, 0.29) is 5.69 Å². The van der Waals surface area contributed by atoms with E-state index in [4.69, 9.17) is 4.74 Å². The van der Waals surface area contributed by atoms with Crippen LogP contribution in [0.4, 0.5) is 17.3 Å². The summed E-state index contributed by atoms with van der Waals surface area (Å²) >= 11 is 0. The van der Waals surface area contributed by atoms with Crippen molar-refractivity contribution in [1.29, 1.82) is 0 Å². The van der Waals surface area contributed by atoms with Crippen molar-refractivity contribution < 1.29 is 9.66 Å². The predicted octanol–water partition coefficient (Wildman–Crippen LogP) is 4.35. The smallest absolute Gasteiger partial charge is 0.271 e. The Labute approximate surface area is 160 Å². The Balaban J connectivity index is 1.69. The normalized spacial score (nSPS) is 10.6. The molecule has 2 aromatic carbocycles. The van der Waals surface area contributed by atoms with Crippen molar-refractivity contribution in [3.05, 3.63) is 77.1 Å². The molecule has 0 atom stereocenters. The third kappa shape index (κ3) is 3.43. The molecule has 4 aromatic rings. The molecular weight excluding hydrogens is 358 g/mol. The molecule has 1 N–H and O–H groups in total. The van der Waals surface area contributed by atoms with Gasteiger partial charge in [-0.25, -0.2) is 9.97 Å². The molecule has 0 aliphatic rings. The first kappa shape index (κ1) is 17.3. The van der Waals surface area contributed by atoms with E-state index in [0.29, 0.717) is 23.1 Å². The van der Waals surface area contributed by atoms with Crippen LogP contribution in [0.25, 0.3) is 22.2 Å². The van der Waals surface area contributed by atoms with Crippen LogP contribution in [0, 0.1) is 10.1 Å². The summed E-state index contributed by atoms with van der Waals surface area (Å²) in [4.78, 5) is 23.7. The fourth-order valence-electron chi connectivity index (χ4n) is 2.82. The molecule has 0 spiro atoms. The Hall–Kier alpha value is -4.07. The lowest BCUT2D eigenvalue weighted by Crippen LogP contribution is -2.01. The number of aromatic nitrogens is 3. The zero-order valence-corrected chi connectivity index (χ0v) is 14.9. The number of nitro groups is 1. The molecule has 0 fully saturated rings. The molecule has 2 aromatic heterocycles. The Morgan fingerprint density at radius 2 is 1.93 bits per heavy atom. The van der Waals surface area contributed by atoms with Crippen LogP contribution in [0.5, 0.6) is 5.75 Å². The lowest BCUT2D eigenvalue weighted by atomic mass is 10.1. The second kappa shape index (κ2) is 7.28. The number of nitro benzene ring substituents is 1. The predicted molar refractivity (Wildman–Crippen MR) is 106 cm³/mol. The Kier molecular flexibility index (Phi) is 4.51. The quantitative estimate of drug-likeness (QED) is 0.410. The summed E-state index contributed by atoms with van der Waals surface area (Å²) < 4.78 is 5.26. The minimum atomic E-state index is -0.470. The van der Waals surface area contributed by atoms with E-state index in [9.17, 15) is 10.1 Å². The Bertz CT molecular complexity index is 1180. The fourth-order valence-corrected chi connectivity index (χ4v) is 2.82. The van der Waals surface area contributed by atoms with E-state index >= 15 is 0 Å². The van der Waals surface area contributed by atoms with Crippen LogP contribution in [0.1, 0.15) is 0 Å². The molecule has 8 heteroatoms. The third-order valence-electron chi connectivity index (χ3n) is 4.18. The van der Waals surface area contributed by atoms with Crippen molar-refractivity contribution >= 4 is 28.2 Å². The summed E-state index contributed by atoms with van der Waals surface area (Å²) in [6.45, 7) is 0. The molecule has 0 saturated heterocycles. The fraction of sp³-hybridized carbons (Fsp3) is 0.0500. The second-order valence-electron chi connectivity index (χ2n) is 5.95. The monoisotopic (exact) mass is 373 g/mol. The summed E-state index contributed by atoms with van der Waals surface area (Å²) in [5, 5.41) is 15.1. The number of methoxy groups -OCH3 is 1. The van der Waals surface area contributed by atoms with Crippen LogP contribution in [-0.2, 0) is 0 Å². The van der Waals surface area contributed by atoms with Gasteiger partial charge in [-0.05, 0) is 24.3 Å². The summed E-state index contributed by atoms with van der Waals surface area (Å²) in [6.07, 6.45) is 3.37. The zero-order chi connectivity index (χ0) is 19.5. The van der Waals surface area contributed by atoms with Crippen molar-refractivity contribution in [2.75, 3.05) is 12.4 Å². The number of rotatable bonds is 5. The van der Waals surface area contributed by atoms with Crippen molar-refractivity contribution in [3.63, 3.8) is 0 Å². The molecule has 0 radical (unpaired) electrons. The molecule has 0 bridgehead atoms. The molecule has 0 aliphatic carbocycles. The largest absolute Gasteiger partial charge is 0.495 e. The highest BCUT2D eigenvalue weighted by Gasteiger charge is 2.13. The number of non-ortho nitro benzene ring substituents is 1. The number of hydrogen-bond donors (Lipinski definition) is 1. The van der Waals surface area contributed by atoms with Gasteiger partial charge in [0.15, 0.2) is 0 Å². The van der Waals surface area contributed by atoms with Crippen LogP contribution in [0.2, 0.25) is 0 Å². The number of pyridine rings is 1. The maximum absolute atomic E-state index is 11.1. The van der Waals surface area contributed by atoms with Gasteiger partial charge in [-0.1, -0.05) is 18.2 Å². The van der Waals surface area contributed by atoms with Crippen LogP contribution in [0.3, 0.4) is 0 Å². The molecule has 2 heterocycles. The van der Waals surface area contributed by atoms with Gasteiger partial charge in [0.25, 0.3) is 5.69 Å². The van der Waals surface area contributed by atoms with E-state index in [1.165, 1.54) is 25.3 Å². The van der Waals surface area contributed by atoms with Crippen molar-refractivity contribution in [2.24, 2.45) is 0 Å². The molecule has 0 unspecified atom stereocenters. The second-order valence-corrected chi connectivity index (χ2v) is 5.95. The molecule has 4 rings (SSSR count). The van der Waals surface area contributed by atoms with E-state index in [1.807, 2.05) is 30.3 Å². The van der Waals surface area contributed by atoms with E-state index in [0.717, 1.165) is 16.5 Å². The van der Waals surface area contributed by atoms with E-state index < -0.39 is 4.92 Å². The minimum Gasteiger partial charge on any atom is -0.495 e. The number of ether oxygens (including phenoxy) is 1. The molecule has 0 aliphatic heterocycles. The summed E-state index contributed by atoms with van der Waals surface area (Å²) in [7, 11) is 1.49. The van der Waals surface area contributed by atoms with Crippen LogP contribution < -0.4 is 10.1 Å². The van der Waals surface area contributed by atoms with Gasteiger partial charge in [-0.2, -0.15) is 0 Å². The van der Waals surface area contributed by atoms with Crippen molar-refractivity contribution in [2.45, 2.75) is 0 Å². The number of fused-ring (bicyclic) bond motifs is 1. The highest BCUT2D eigenvalue weighted by Crippen LogP contribution is 2.31. The SMILES string of the molecule is COc1ccc([N+](=O)[O-])cc1Nc1nccc(-c2cnc3ccccc3c2)n1. The van der Waals surface area contributed by atoms with E-state index in [1.54, 1.807) is 18.5 Å². The summed E-state index contributed by atoms with van der Waals surface area (Å²) in [6, 6.07) is 15.9. The first-order chi connectivity index (χ1) is 13.6. The lowest BCUT2D eigenvalue weighted by molar-refractivity contribution is -0.384. The van der Waals surface area contributed by atoms with Gasteiger partial charge in [-0.3, -0.25) is 15.1 Å². The Morgan fingerprint density at radius 3 is 2.75 bits per heavy atom. The van der Waals surface area contributed by atoms with Gasteiger partial charge >= 0.3 is 0 Å². The number of anilines is 2. The third-order valence-corrected chi connectivity index (χ3v) is 4.18. The molecule has 0 amide bonds.